The van der Waals surface area contributed by atoms with Crippen LogP contribution >= 0.6 is 0 Å². The number of rotatable bonds is 6. The molecule has 6 heteroatoms. The van der Waals surface area contributed by atoms with Crippen LogP contribution in [0.25, 0.3) is 0 Å². The van der Waals surface area contributed by atoms with Crippen LogP contribution in [0.1, 0.15) is 13.3 Å². The van der Waals surface area contributed by atoms with Crippen LogP contribution in [0.15, 0.2) is 36.3 Å². The summed E-state index contributed by atoms with van der Waals surface area (Å²) in [6.07, 6.45) is 4.12. The summed E-state index contributed by atoms with van der Waals surface area (Å²) >= 11 is 0. The number of aliphatic carboxylic acids is 1. The van der Waals surface area contributed by atoms with E-state index in [2.05, 4.69) is 10.3 Å². The number of esters is 1. The second kappa shape index (κ2) is 7.05. The number of anilines is 1. The number of hydrogen-bond donors (Lipinski definition) is 2. The third-order valence-corrected chi connectivity index (χ3v) is 1.99. The minimum Gasteiger partial charge on any atom is -0.478 e. The van der Waals surface area contributed by atoms with Gasteiger partial charge in [-0.15, -0.1) is 0 Å². The predicted octanol–water partition coefficient (Wildman–Crippen LogP) is 1.42. The molecule has 0 bridgehead atoms. The van der Waals surface area contributed by atoms with Crippen molar-refractivity contribution in [3.05, 3.63) is 36.3 Å². The summed E-state index contributed by atoms with van der Waals surface area (Å²) in [4.78, 5) is 26.0. The number of carbonyl (C=O) groups is 2. The smallest absolute Gasteiger partial charge is 0.333 e. The van der Waals surface area contributed by atoms with Crippen LogP contribution in [0.5, 0.6) is 0 Å². The van der Waals surface area contributed by atoms with Gasteiger partial charge in [-0.1, -0.05) is 0 Å². The lowest BCUT2D eigenvalue weighted by molar-refractivity contribution is -0.144. The Labute approximate surface area is 104 Å². The highest BCUT2D eigenvalue weighted by atomic mass is 16.5. The third-order valence-electron chi connectivity index (χ3n) is 1.99. The largest absolute Gasteiger partial charge is 0.478 e. The van der Waals surface area contributed by atoms with E-state index in [1.54, 1.807) is 31.5 Å². The van der Waals surface area contributed by atoms with Crippen LogP contribution < -0.4 is 5.32 Å². The second-order valence-corrected chi connectivity index (χ2v) is 3.34. The quantitative estimate of drug-likeness (QED) is 0.586. The first-order valence-electron chi connectivity index (χ1n) is 5.38. The number of ether oxygens (including phenoxy) is 1. The fourth-order valence-corrected chi connectivity index (χ4v) is 1.17. The molecule has 0 aromatic carbocycles. The van der Waals surface area contributed by atoms with E-state index >= 15 is 0 Å². The van der Waals surface area contributed by atoms with Crippen molar-refractivity contribution < 1.29 is 19.4 Å². The Hall–Kier alpha value is -2.37. The lowest BCUT2D eigenvalue weighted by Crippen LogP contribution is -2.11. The van der Waals surface area contributed by atoms with Crippen LogP contribution in [0, 0.1) is 0 Å². The topological polar surface area (TPSA) is 88.5 Å². The molecule has 18 heavy (non-hydrogen) atoms. The van der Waals surface area contributed by atoms with E-state index < -0.39 is 11.9 Å². The molecule has 0 fully saturated rings. The Balaban J connectivity index is 2.67. The molecule has 0 aliphatic carbocycles. The Morgan fingerprint density at radius 3 is 2.89 bits per heavy atom. The van der Waals surface area contributed by atoms with E-state index in [4.69, 9.17) is 9.84 Å². The highest BCUT2D eigenvalue weighted by molar-refractivity contribution is 5.92. The second-order valence-electron chi connectivity index (χ2n) is 3.34. The summed E-state index contributed by atoms with van der Waals surface area (Å²) in [5, 5.41) is 11.7. The fourth-order valence-electron chi connectivity index (χ4n) is 1.17. The minimum atomic E-state index is -1.17. The number of aromatic nitrogens is 1. The van der Waals surface area contributed by atoms with Gasteiger partial charge >= 0.3 is 11.9 Å². The van der Waals surface area contributed by atoms with Crippen molar-refractivity contribution in [2.75, 3.05) is 11.9 Å². The molecule has 1 aromatic heterocycles. The molecule has 6 nitrogen and oxygen atoms in total. The highest BCUT2D eigenvalue weighted by Gasteiger charge is 2.13. The summed E-state index contributed by atoms with van der Waals surface area (Å²) < 4.78 is 4.69. The summed E-state index contributed by atoms with van der Waals surface area (Å²) in [6.45, 7) is 1.89. The Morgan fingerprint density at radius 2 is 2.33 bits per heavy atom. The van der Waals surface area contributed by atoms with Gasteiger partial charge in [0.2, 0.25) is 0 Å². The average molecular weight is 250 g/mol. The average Bonchev–Trinajstić information content (AvgIpc) is 2.35. The molecule has 1 rings (SSSR count). The molecule has 0 aliphatic heterocycles. The maximum absolute atomic E-state index is 11.2. The molecule has 0 saturated carbocycles. The summed E-state index contributed by atoms with van der Waals surface area (Å²) in [5.41, 5.74) is 0.567. The summed E-state index contributed by atoms with van der Waals surface area (Å²) in [7, 11) is 0. The number of pyridine rings is 1. The van der Waals surface area contributed by atoms with E-state index in [1.807, 2.05) is 0 Å². The molecule has 1 aromatic rings. The Bertz CT molecular complexity index is 443. The van der Waals surface area contributed by atoms with Gasteiger partial charge in [0.15, 0.2) is 0 Å². The summed E-state index contributed by atoms with van der Waals surface area (Å²) in [6, 6.07) is 3.44. The van der Waals surface area contributed by atoms with Gasteiger partial charge in [-0.25, -0.2) is 4.79 Å². The first-order valence-corrected chi connectivity index (χ1v) is 5.38. The molecular weight excluding hydrogens is 236 g/mol. The zero-order valence-corrected chi connectivity index (χ0v) is 9.92. The van der Waals surface area contributed by atoms with Crippen LogP contribution in [0.4, 0.5) is 5.69 Å². The van der Waals surface area contributed by atoms with Crippen molar-refractivity contribution >= 4 is 17.6 Å². The van der Waals surface area contributed by atoms with Gasteiger partial charge in [0.05, 0.1) is 30.5 Å². The van der Waals surface area contributed by atoms with Crippen LogP contribution in [-0.4, -0.2) is 28.6 Å². The molecule has 2 N–H and O–H groups in total. The van der Waals surface area contributed by atoms with E-state index in [1.165, 1.54) is 6.20 Å². The van der Waals surface area contributed by atoms with Crippen molar-refractivity contribution in [2.45, 2.75) is 13.3 Å². The number of nitrogens with zero attached hydrogens (tertiary/aromatic N) is 1. The molecule has 0 saturated heterocycles. The van der Waals surface area contributed by atoms with Gasteiger partial charge in [-0.2, -0.15) is 0 Å². The van der Waals surface area contributed by atoms with Gasteiger partial charge in [0.25, 0.3) is 0 Å². The molecule has 0 radical (unpaired) electrons. The van der Waals surface area contributed by atoms with E-state index in [-0.39, 0.29) is 18.6 Å². The van der Waals surface area contributed by atoms with Crippen molar-refractivity contribution in [1.82, 2.24) is 4.98 Å². The summed E-state index contributed by atoms with van der Waals surface area (Å²) in [5.74, 6) is -1.74. The molecular formula is C12H14N2O4. The Morgan fingerprint density at radius 1 is 1.56 bits per heavy atom. The normalized spacial score (nSPS) is 10.8. The number of carbonyl (C=O) groups excluding carboxylic acids is 1. The zero-order chi connectivity index (χ0) is 13.4. The van der Waals surface area contributed by atoms with Gasteiger partial charge < -0.3 is 15.2 Å². The van der Waals surface area contributed by atoms with Crippen molar-refractivity contribution in [3.63, 3.8) is 0 Å². The lowest BCUT2D eigenvalue weighted by atomic mass is 10.2. The standard InChI is InChI=1S/C12H14N2O4/c1-2-18-11(15)6-9(12(16)17)7-14-10-4-3-5-13-8-10/h3-5,7-8,14H,2,6H2,1H3,(H,16,17)/b9-7-. The molecule has 0 spiro atoms. The van der Waals surface area contributed by atoms with Crippen LogP contribution in [0.3, 0.4) is 0 Å². The monoisotopic (exact) mass is 250 g/mol. The first-order chi connectivity index (χ1) is 8.63. The maximum Gasteiger partial charge on any atom is 0.333 e. The molecule has 0 aliphatic rings. The molecule has 96 valence electrons. The van der Waals surface area contributed by atoms with Gasteiger partial charge in [-0.05, 0) is 19.1 Å². The molecule has 0 atom stereocenters. The van der Waals surface area contributed by atoms with Crippen molar-refractivity contribution in [2.24, 2.45) is 0 Å². The SMILES string of the molecule is CCOC(=O)C/C(=C/Nc1cccnc1)C(=O)O. The third kappa shape index (κ3) is 4.65. The van der Waals surface area contributed by atoms with Crippen molar-refractivity contribution in [3.8, 4) is 0 Å². The number of nitrogens with one attached hydrogen (secondary N) is 1. The van der Waals surface area contributed by atoms with Gasteiger partial charge in [-0.3, -0.25) is 9.78 Å². The van der Waals surface area contributed by atoms with E-state index in [9.17, 15) is 9.59 Å². The van der Waals surface area contributed by atoms with Crippen LogP contribution in [-0.2, 0) is 14.3 Å². The highest BCUT2D eigenvalue weighted by Crippen LogP contribution is 2.07. The Kier molecular flexibility index (Phi) is 5.37. The lowest BCUT2D eigenvalue weighted by Gasteiger charge is -2.04. The number of carboxylic acid groups (broad SMARTS) is 1. The van der Waals surface area contributed by atoms with Gasteiger partial charge in [0.1, 0.15) is 0 Å². The molecule has 0 unspecified atom stereocenters. The number of hydrogen-bond acceptors (Lipinski definition) is 5. The van der Waals surface area contributed by atoms with Crippen LogP contribution in [0.2, 0.25) is 0 Å². The van der Waals surface area contributed by atoms with Gasteiger partial charge in [0, 0.05) is 12.4 Å². The predicted molar refractivity (Wildman–Crippen MR) is 64.8 cm³/mol. The molecule has 0 amide bonds. The zero-order valence-electron chi connectivity index (χ0n) is 9.92. The fraction of sp³-hybridized carbons (Fsp3) is 0.250. The van der Waals surface area contributed by atoms with E-state index in [0.717, 1.165) is 0 Å². The minimum absolute atomic E-state index is 0.0719. The molecule has 1 heterocycles. The van der Waals surface area contributed by atoms with Crippen molar-refractivity contribution in [1.29, 1.82) is 0 Å². The maximum atomic E-state index is 11.2. The first kappa shape index (κ1) is 13.7. The number of carboxylic acids is 1. The van der Waals surface area contributed by atoms with E-state index in [0.29, 0.717) is 5.69 Å².